The average Bonchev–Trinajstić information content (AvgIpc) is 2.92. The first-order valence-corrected chi connectivity index (χ1v) is 9.01. The van der Waals surface area contributed by atoms with Crippen LogP contribution in [0.3, 0.4) is 0 Å². The molecule has 2 saturated heterocycles. The van der Waals surface area contributed by atoms with Crippen LogP contribution in [0.1, 0.15) is 40.4 Å². The van der Waals surface area contributed by atoms with Gasteiger partial charge in [0.1, 0.15) is 0 Å². The Morgan fingerprint density at radius 1 is 1.16 bits per heavy atom. The maximum Gasteiger partial charge on any atom is 0.254 e. The monoisotopic (exact) mass is 344 g/mol. The summed E-state index contributed by atoms with van der Waals surface area (Å²) in [6.07, 6.45) is 0.753. The molecule has 2 amide bonds. The zero-order valence-electron chi connectivity index (χ0n) is 15.6. The third-order valence-electron chi connectivity index (χ3n) is 6.07. The van der Waals surface area contributed by atoms with E-state index in [0.717, 1.165) is 28.7 Å². The highest BCUT2D eigenvalue weighted by atomic mass is 16.3. The van der Waals surface area contributed by atoms with E-state index in [1.165, 1.54) is 0 Å². The Morgan fingerprint density at radius 2 is 1.76 bits per heavy atom. The number of piperidine rings is 1. The molecule has 2 aliphatic rings. The summed E-state index contributed by atoms with van der Waals surface area (Å²) in [5.74, 6) is 0.262. The fourth-order valence-electron chi connectivity index (χ4n) is 4.66. The molecule has 0 unspecified atom stereocenters. The molecule has 5 nitrogen and oxygen atoms in total. The molecule has 2 aliphatic heterocycles. The van der Waals surface area contributed by atoms with E-state index < -0.39 is 0 Å². The number of hydrogen-bond acceptors (Lipinski definition) is 3. The molecule has 5 heteroatoms. The molecule has 0 radical (unpaired) electrons. The summed E-state index contributed by atoms with van der Waals surface area (Å²) in [5, 5.41) is 10.1. The molecule has 1 N–H and O–H groups in total. The van der Waals surface area contributed by atoms with E-state index in [-0.39, 0.29) is 29.8 Å². The molecule has 0 spiro atoms. The summed E-state index contributed by atoms with van der Waals surface area (Å²) in [5.41, 5.74) is 3.67. The normalized spacial score (nSPS) is 25.9. The largest absolute Gasteiger partial charge is 0.396 e. The quantitative estimate of drug-likeness (QED) is 0.892. The Morgan fingerprint density at radius 3 is 2.32 bits per heavy atom. The number of carbonyl (C=O) groups is 2. The molecule has 3 rings (SSSR count). The predicted octanol–water partition coefficient (Wildman–Crippen LogP) is 1.91. The molecule has 0 bridgehead atoms. The minimum atomic E-state index is -0.270. The number of aliphatic hydroxyl groups excluding tert-OH is 1. The van der Waals surface area contributed by atoms with Crippen LogP contribution < -0.4 is 0 Å². The second-order valence-electron chi connectivity index (χ2n) is 7.89. The molecule has 1 aromatic rings. The van der Waals surface area contributed by atoms with Gasteiger partial charge in [-0.3, -0.25) is 9.59 Å². The minimum Gasteiger partial charge on any atom is -0.396 e. The van der Waals surface area contributed by atoms with Gasteiger partial charge >= 0.3 is 0 Å². The third kappa shape index (κ3) is 3.06. The van der Waals surface area contributed by atoms with Gasteiger partial charge in [0.2, 0.25) is 5.91 Å². The molecule has 0 aromatic heterocycles. The fourth-order valence-corrected chi connectivity index (χ4v) is 4.66. The lowest BCUT2D eigenvalue weighted by Gasteiger charge is -2.41. The van der Waals surface area contributed by atoms with Gasteiger partial charge in [-0.15, -0.1) is 0 Å². The van der Waals surface area contributed by atoms with E-state index in [9.17, 15) is 14.7 Å². The first-order valence-electron chi connectivity index (χ1n) is 9.01. The molecule has 25 heavy (non-hydrogen) atoms. The van der Waals surface area contributed by atoms with Gasteiger partial charge in [-0.05, 0) is 38.3 Å². The van der Waals surface area contributed by atoms with E-state index in [2.05, 4.69) is 0 Å². The highest BCUT2D eigenvalue weighted by molar-refractivity contribution is 5.97. The second kappa shape index (κ2) is 6.45. The van der Waals surface area contributed by atoms with Crippen LogP contribution in [0.2, 0.25) is 0 Å². The summed E-state index contributed by atoms with van der Waals surface area (Å²) in [4.78, 5) is 28.6. The van der Waals surface area contributed by atoms with Gasteiger partial charge in [0.05, 0.1) is 6.61 Å². The lowest BCUT2D eigenvalue weighted by molar-refractivity contribution is -0.133. The molecule has 0 saturated carbocycles. The molecule has 2 fully saturated rings. The van der Waals surface area contributed by atoms with Crippen LogP contribution in [0, 0.1) is 32.1 Å². The van der Waals surface area contributed by atoms with E-state index in [1.54, 1.807) is 6.92 Å². The molecule has 0 aliphatic carbocycles. The van der Waals surface area contributed by atoms with E-state index in [1.807, 2.05) is 42.7 Å². The van der Waals surface area contributed by atoms with Crippen molar-refractivity contribution in [2.24, 2.45) is 11.3 Å². The van der Waals surface area contributed by atoms with Gasteiger partial charge in [0.25, 0.3) is 5.91 Å². The van der Waals surface area contributed by atoms with Crippen molar-refractivity contribution in [1.29, 1.82) is 0 Å². The number of benzene rings is 1. The maximum atomic E-state index is 13.2. The highest BCUT2D eigenvalue weighted by Crippen LogP contribution is 2.43. The van der Waals surface area contributed by atoms with Crippen LogP contribution in [0.15, 0.2) is 12.1 Å². The van der Waals surface area contributed by atoms with Gasteiger partial charge in [0, 0.05) is 50.0 Å². The van der Waals surface area contributed by atoms with E-state index >= 15 is 0 Å². The number of carbonyl (C=O) groups excluding carboxylic acids is 2. The lowest BCUT2D eigenvalue weighted by Crippen LogP contribution is -2.50. The molecule has 2 heterocycles. The van der Waals surface area contributed by atoms with E-state index in [0.29, 0.717) is 26.2 Å². The number of rotatable bonds is 2. The van der Waals surface area contributed by atoms with Gasteiger partial charge in [-0.25, -0.2) is 0 Å². The summed E-state index contributed by atoms with van der Waals surface area (Å²) in [7, 11) is 0. The Labute approximate surface area is 149 Å². The van der Waals surface area contributed by atoms with E-state index in [4.69, 9.17) is 0 Å². The van der Waals surface area contributed by atoms with Crippen molar-refractivity contribution in [2.75, 3.05) is 32.8 Å². The van der Waals surface area contributed by atoms with Crippen molar-refractivity contribution in [2.45, 2.75) is 34.1 Å². The minimum absolute atomic E-state index is 0.0478. The van der Waals surface area contributed by atoms with Crippen LogP contribution in [0.25, 0.3) is 0 Å². The van der Waals surface area contributed by atoms with Crippen molar-refractivity contribution < 1.29 is 14.7 Å². The Bertz CT molecular complexity index is 692. The average molecular weight is 344 g/mol. The second-order valence-corrected chi connectivity index (χ2v) is 7.89. The topological polar surface area (TPSA) is 60.9 Å². The number of amides is 2. The summed E-state index contributed by atoms with van der Waals surface area (Å²) < 4.78 is 0. The first-order chi connectivity index (χ1) is 11.8. The molecular formula is C20H28N2O3. The van der Waals surface area contributed by atoms with Crippen LogP contribution in [0.4, 0.5) is 0 Å². The molecule has 2 atom stereocenters. The third-order valence-corrected chi connectivity index (χ3v) is 6.07. The van der Waals surface area contributed by atoms with Crippen molar-refractivity contribution in [3.8, 4) is 0 Å². The molecule has 136 valence electrons. The maximum absolute atomic E-state index is 13.2. The first kappa shape index (κ1) is 17.9. The van der Waals surface area contributed by atoms with Crippen molar-refractivity contribution in [1.82, 2.24) is 9.80 Å². The van der Waals surface area contributed by atoms with Gasteiger partial charge in [-0.1, -0.05) is 17.7 Å². The van der Waals surface area contributed by atoms with Crippen LogP contribution in [-0.4, -0.2) is 59.5 Å². The number of hydrogen-bond donors (Lipinski definition) is 1. The van der Waals surface area contributed by atoms with Gasteiger partial charge in [-0.2, -0.15) is 0 Å². The zero-order valence-corrected chi connectivity index (χ0v) is 15.6. The van der Waals surface area contributed by atoms with Crippen LogP contribution >= 0.6 is 0 Å². The number of nitrogens with zero attached hydrogens (tertiary/aromatic N) is 2. The molecule has 1 aromatic carbocycles. The van der Waals surface area contributed by atoms with Crippen LogP contribution in [0.5, 0.6) is 0 Å². The number of aryl methyl sites for hydroxylation is 3. The highest BCUT2D eigenvalue weighted by Gasteiger charge is 2.50. The summed E-state index contributed by atoms with van der Waals surface area (Å²) in [6.45, 7) is 10.1. The Balaban J connectivity index is 1.86. The number of fused-ring (bicyclic) bond motifs is 1. The van der Waals surface area contributed by atoms with Crippen LogP contribution in [-0.2, 0) is 4.79 Å². The SMILES string of the molecule is CC(=O)N1CC[C@]2(CO)CN(C(=O)c3c(C)cc(C)cc3C)C[C@@H]2C1. The van der Waals surface area contributed by atoms with Crippen molar-refractivity contribution in [3.63, 3.8) is 0 Å². The lowest BCUT2D eigenvalue weighted by atomic mass is 9.73. The standard InChI is InChI=1S/C20H28N2O3/c1-13-7-14(2)18(15(3)8-13)19(25)22-10-17-9-21(16(4)24)6-5-20(17,11-22)12-23/h7-8,17,23H,5-6,9-12H2,1-4H3/t17-,20+/m0/s1. The number of likely N-dealkylation sites (tertiary alicyclic amines) is 2. The zero-order chi connectivity index (χ0) is 18.4. The molecular weight excluding hydrogens is 316 g/mol. The fraction of sp³-hybridized carbons (Fsp3) is 0.600. The Hall–Kier alpha value is -1.88. The van der Waals surface area contributed by atoms with Crippen molar-refractivity contribution in [3.05, 3.63) is 34.4 Å². The smallest absolute Gasteiger partial charge is 0.254 e. The summed E-state index contributed by atoms with van der Waals surface area (Å²) >= 11 is 0. The Kier molecular flexibility index (Phi) is 4.62. The number of aliphatic hydroxyl groups is 1. The van der Waals surface area contributed by atoms with Crippen molar-refractivity contribution >= 4 is 11.8 Å². The summed E-state index contributed by atoms with van der Waals surface area (Å²) in [6, 6.07) is 4.09. The van der Waals surface area contributed by atoms with Gasteiger partial charge in [0.15, 0.2) is 0 Å². The van der Waals surface area contributed by atoms with Gasteiger partial charge < -0.3 is 14.9 Å². The predicted molar refractivity (Wildman–Crippen MR) is 96.4 cm³/mol.